The summed E-state index contributed by atoms with van der Waals surface area (Å²) >= 11 is 12.2. The lowest BCUT2D eigenvalue weighted by Gasteiger charge is -2.27. The predicted octanol–water partition coefficient (Wildman–Crippen LogP) is 6.55. The highest BCUT2D eigenvalue weighted by Gasteiger charge is 2.30. The number of carbonyl (C=O) groups excluding carboxylic acids is 1. The average Bonchev–Trinajstić information content (AvgIpc) is 3.18. The van der Waals surface area contributed by atoms with Crippen molar-refractivity contribution in [3.63, 3.8) is 0 Å². The molecule has 0 aromatic heterocycles. The first kappa shape index (κ1) is 21.0. The molecule has 4 heteroatoms. The molecule has 0 spiro atoms. The molecule has 0 bridgehead atoms. The second-order valence-corrected chi connectivity index (χ2v) is 8.95. The summed E-state index contributed by atoms with van der Waals surface area (Å²) in [7, 11) is 0. The van der Waals surface area contributed by atoms with Crippen molar-refractivity contribution < 1.29 is 4.79 Å². The van der Waals surface area contributed by atoms with Crippen LogP contribution in [0.25, 0.3) is 0 Å². The number of rotatable bonds is 6. The fourth-order valence-corrected chi connectivity index (χ4v) is 4.67. The standard InChI is InChI=1S/C26H25Cl2NO/c1-17(29-26(30)24-15-10-19-4-2-3-5-23(19)24)25(20-8-13-22(28)14-9-20)16-18-6-11-21(27)12-7-18/h2-9,11-14,17,24-25H,10,15-16H2,1H3,(H,29,30). The van der Waals surface area contributed by atoms with Gasteiger partial charge >= 0.3 is 0 Å². The second kappa shape index (κ2) is 9.24. The normalized spacial score (nSPS) is 17.2. The van der Waals surface area contributed by atoms with Crippen molar-refractivity contribution in [2.24, 2.45) is 0 Å². The van der Waals surface area contributed by atoms with Gasteiger partial charge in [0.2, 0.25) is 5.91 Å². The van der Waals surface area contributed by atoms with Crippen LogP contribution < -0.4 is 5.32 Å². The average molecular weight is 438 g/mol. The van der Waals surface area contributed by atoms with Crippen molar-refractivity contribution in [2.75, 3.05) is 0 Å². The second-order valence-electron chi connectivity index (χ2n) is 8.08. The Bertz CT molecular complexity index is 1010. The maximum Gasteiger partial charge on any atom is 0.227 e. The highest BCUT2D eigenvalue weighted by Crippen LogP contribution is 2.34. The minimum Gasteiger partial charge on any atom is -0.352 e. The quantitative estimate of drug-likeness (QED) is 0.464. The third kappa shape index (κ3) is 4.71. The van der Waals surface area contributed by atoms with Crippen LogP contribution >= 0.6 is 23.2 Å². The minimum atomic E-state index is -0.0648. The molecule has 1 aliphatic rings. The maximum atomic E-state index is 13.2. The van der Waals surface area contributed by atoms with Crippen LogP contribution in [0.4, 0.5) is 0 Å². The molecular formula is C26H25Cl2NO. The van der Waals surface area contributed by atoms with E-state index in [4.69, 9.17) is 23.2 Å². The van der Waals surface area contributed by atoms with Crippen molar-refractivity contribution in [1.29, 1.82) is 0 Å². The summed E-state index contributed by atoms with van der Waals surface area (Å²) in [5, 5.41) is 4.75. The van der Waals surface area contributed by atoms with Crippen molar-refractivity contribution in [1.82, 2.24) is 5.32 Å². The fourth-order valence-electron chi connectivity index (χ4n) is 4.42. The topological polar surface area (TPSA) is 29.1 Å². The molecule has 2 nitrogen and oxygen atoms in total. The summed E-state index contributed by atoms with van der Waals surface area (Å²) in [4.78, 5) is 13.2. The monoisotopic (exact) mass is 437 g/mol. The van der Waals surface area contributed by atoms with Gasteiger partial charge in [-0.15, -0.1) is 0 Å². The Balaban J connectivity index is 1.54. The summed E-state index contributed by atoms with van der Waals surface area (Å²) in [6, 6.07) is 24.1. The lowest BCUT2D eigenvalue weighted by atomic mass is 9.86. The molecule has 3 atom stereocenters. The van der Waals surface area contributed by atoms with Crippen LogP contribution in [0.2, 0.25) is 10.0 Å². The van der Waals surface area contributed by atoms with Crippen molar-refractivity contribution in [3.8, 4) is 0 Å². The van der Waals surface area contributed by atoms with E-state index in [2.05, 4.69) is 36.5 Å². The molecule has 0 saturated carbocycles. The molecule has 0 aliphatic heterocycles. The molecule has 4 rings (SSSR count). The predicted molar refractivity (Wildman–Crippen MR) is 124 cm³/mol. The van der Waals surface area contributed by atoms with E-state index in [0.29, 0.717) is 5.02 Å². The minimum absolute atomic E-state index is 0.0258. The Hall–Kier alpha value is -2.29. The number of hydrogen-bond donors (Lipinski definition) is 1. The Morgan fingerprint density at radius 2 is 1.60 bits per heavy atom. The number of hydrogen-bond acceptors (Lipinski definition) is 1. The first-order valence-electron chi connectivity index (χ1n) is 10.4. The van der Waals surface area contributed by atoms with Gasteiger partial charge in [0.25, 0.3) is 0 Å². The summed E-state index contributed by atoms with van der Waals surface area (Å²) in [5.74, 6) is 0.177. The van der Waals surface area contributed by atoms with Gasteiger partial charge in [-0.3, -0.25) is 4.79 Å². The van der Waals surface area contributed by atoms with Gasteiger partial charge in [-0.1, -0.05) is 71.7 Å². The third-order valence-electron chi connectivity index (χ3n) is 6.09. The summed E-state index contributed by atoms with van der Waals surface area (Å²) in [6.45, 7) is 2.09. The van der Waals surface area contributed by atoms with Crippen molar-refractivity contribution in [3.05, 3.63) is 105 Å². The van der Waals surface area contributed by atoms with Crippen LogP contribution in [0, 0.1) is 0 Å². The molecule has 1 aliphatic carbocycles. The van der Waals surface area contributed by atoms with E-state index in [-0.39, 0.29) is 23.8 Å². The Kier molecular flexibility index (Phi) is 6.46. The van der Waals surface area contributed by atoms with Crippen molar-refractivity contribution in [2.45, 2.75) is 44.1 Å². The van der Waals surface area contributed by atoms with E-state index >= 15 is 0 Å². The number of halogens is 2. The van der Waals surface area contributed by atoms with E-state index in [1.54, 1.807) is 0 Å². The molecule has 1 amide bonds. The van der Waals surface area contributed by atoms with Crippen LogP contribution in [-0.4, -0.2) is 11.9 Å². The largest absolute Gasteiger partial charge is 0.352 e. The van der Waals surface area contributed by atoms with E-state index in [1.807, 2.05) is 48.5 Å². The van der Waals surface area contributed by atoms with Gasteiger partial charge in [-0.25, -0.2) is 0 Å². The van der Waals surface area contributed by atoms with E-state index in [9.17, 15) is 4.79 Å². The number of fused-ring (bicyclic) bond motifs is 1. The smallest absolute Gasteiger partial charge is 0.227 e. The molecule has 0 heterocycles. The SMILES string of the molecule is CC(NC(=O)C1CCc2ccccc21)C(Cc1ccc(Cl)cc1)c1ccc(Cl)cc1. The highest BCUT2D eigenvalue weighted by molar-refractivity contribution is 6.30. The van der Waals surface area contributed by atoms with Gasteiger partial charge in [-0.2, -0.15) is 0 Å². The zero-order valence-corrected chi connectivity index (χ0v) is 18.5. The van der Waals surface area contributed by atoms with Gasteiger partial charge < -0.3 is 5.32 Å². The number of amides is 1. The highest BCUT2D eigenvalue weighted by atomic mass is 35.5. The molecular weight excluding hydrogens is 413 g/mol. The van der Waals surface area contributed by atoms with Crippen LogP contribution in [-0.2, 0) is 17.6 Å². The summed E-state index contributed by atoms with van der Waals surface area (Å²) in [6.07, 6.45) is 2.65. The van der Waals surface area contributed by atoms with E-state index in [1.165, 1.54) is 16.7 Å². The van der Waals surface area contributed by atoms with E-state index < -0.39 is 0 Å². The van der Waals surface area contributed by atoms with Gasteiger partial charge in [0.15, 0.2) is 0 Å². The van der Waals surface area contributed by atoms with Gasteiger partial charge in [0, 0.05) is 22.0 Å². The van der Waals surface area contributed by atoms with Gasteiger partial charge in [-0.05, 0) is 72.7 Å². The van der Waals surface area contributed by atoms with Crippen LogP contribution in [0.15, 0.2) is 72.8 Å². The lowest BCUT2D eigenvalue weighted by Crippen LogP contribution is -2.40. The zero-order chi connectivity index (χ0) is 21.1. The zero-order valence-electron chi connectivity index (χ0n) is 16.9. The van der Waals surface area contributed by atoms with Crippen LogP contribution in [0.1, 0.15) is 47.4 Å². The molecule has 3 aromatic carbocycles. The van der Waals surface area contributed by atoms with Gasteiger partial charge in [0.1, 0.15) is 0 Å². The molecule has 0 saturated heterocycles. The van der Waals surface area contributed by atoms with Crippen LogP contribution in [0.5, 0.6) is 0 Å². The fraction of sp³-hybridized carbons (Fsp3) is 0.269. The Labute approximate surface area is 188 Å². The molecule has 3 unspecified atom stereocenters. The van der Waals surface area contributed by atoms with Crippen molar-refractivity contribution >= 4 is 29.1 Å². The van der Waals surface area contributed by atoms with Gasteiger partial charge in [0.05, 0.1) is 5.92 Å². The molecule has 0 fully saturated rings. The van der Waals surface area contributed by atoms with Crippen LogP contribution in [0.3, 0.4) is 0 Å². The number of aryl methyl sites for hydroxylation is 1. The molecule has 0 radical (unpaired) electrons. The number of benzene rings is 3. The molecule has 30 heavy (non-hydrogen) atoms. The molecule has 154 valence electrons. The first-order chi connectivity index (χ1) is 14.5. The summed E-state index contributed by atoms with van der Waals surface area (Å²) < 4.78 is 0. The van der Waals surface area contributed by atoms with E-state index in [0.717, 1.165) is 29.8 Å². The molecule has 3 aromatic rings. The third-order valence-corrected chi connectivity index (χ3v) is 6.59. The Morgan fingerprint density at radius 1 is 0.967 bits per heavy atom. The molecule has 1 N–H and O–H groups in total. The maximum absolute atomic E-state index is 13.2. The summed E-state index contributed by atoms with van der Waals surface area (Å²) in [5.41, 5.74) is 4.81. The first-order valence-corrected chi connectivity index (χ1v) is 11.1. The number of carbonyl (C=O) groups is 1. The Morgan fingerprint density at radius 3 is 2.30 bits per heavy atom. The number of nitrogens with one attached hydrogen (secondary N) is 1. The lowest BCUT2D eigenvalue weighted by molar-refractivity contribution is -0.123.